The Morgan fingerprint density at radius 1 is 0.655 bits per heavy atom. The second-order valence-electron chi connectivity index (χ2n) is 7.01. The maximum Gasteiger partial charge on any atom is 0.335 e. The molecule has 5 aromatic carbocycles. The Labute approximate surface area is 167 Å². The van der Waals surface area contributed by atoms with Crippen LogP contribution in [0.4, 0.5) is 5.69 Å². The first-order valence-corrected chi connectivity index (χ1v) is 9.41. The highest BCUT2D eigenvalue weighted by Crippen LogP contribution is 2.35. The summed E-state index contributed by atoms with van der Waals surface area (Å²) in [7, 11) is 0. The lowest BCUT2D eigenvalue weighted by molar-refractivity contribution is 0.0697. The Bertz CT molecular complexity index is 1400. The number of hydrogen-bond acceptors (Lipinski definition) is 2. The molecule has 3 heteroatoms. The average Bonchev–Trinajstić information content (AvgIpc) is 2.78. The molecule has 0 amide bonds. The van der Waals surface area contributed by atoms with Crippen LogP contribution in [0, 0.1) is 0 Å². The fraction of sp³-hybridized carbons (Fsp3) is 0. The van der Waals surface area contributed by atoms with Crippen LogP contribution in [0.2, 0.25) is 0 Å². The van der Waals surface area contributed by atoms with Gasteiger partial charge in [0.15, 0.2) is 0 Å². The number of carboxylic acids is 1. The molecule has 0 atom stereocenters. The summed E-state index contributed by atoms with van der Waals surface area (Å²) < 4.78 is 0. The molecular weight excluding hydrogens is 358 g/mol. The SMILES string of the molecule is O=C(O)c1cccc(N=Cc2ccc3c4ccccc4c4ccccc4c3c2)c1. The van der Waals surface area contributed by atoms with E-state index in [9.17, 15) is 4.79 Å². The van der Waals surface area contributed by atoms with Crippen LogP contribution in [0.1, 0.15) is 15.9 Å². The molecule has 1 N–H and O–H groups in total. The van der Waals surface area contributed by atoms with Gasteiger partial charge in [0.2, 0.25) is 0 Å². The molecule has 0 aliphatic heterocycles. The maximum atomic E-state index is 11.2. The quantitative estimate of drug-likeness (QED) is 0.285. The van der Waals surface area contributed by atoms with Gasteiger partial charge in [-0.2, -0.15) is 0 Å². The third-order valence-corrected chi connectivity index (χ3v) is 5.22. The third-order valence-electron chi connectivity index (χ3n) is 5.22. The molecule has 0 aliphatic rings. The normalized spacial score (nSPS) is 11.6. The van der Waals surface area contributed by atoms with Gasteiger partial charge in [-0.05, 0) is 62.1 Å². The summed E-state index contributed by atoms with van der Waals surface area (Å²) in [4.78, 5) is 15.6. The smallest absolute Gasteiger partial charge is 0.335 e. The van der Waals surface area contributed by atoms with E-state index in [1.54, 1.807) is 30.5 Å². The van der Waals surface area contributed by atoms with Crippen molar-refractivity contribution < 1.29 is 9.90 Å². The lowest BCUT2D eigenvalue weighted by Gasteiger charge is -2.10. The van der Waals surface area contributed by atoms with Crippen molar-refractivity contribution in [3.63, 3.8) is 0 Å². The summed E-state index contributed by atoms with van der Waals surface area (Å²) in [5, 5.41) is 16.5. The molecule has 0 heterocycles. The number of benzene rings is 5. The van der Waals surface area contributed by atoms with Crippen LogP contribution in [0.15, 0.2) is 96.0 Å². The van der Waals surface area contributed by atoms with Crippen LogP contribution in [-0.2, 0) is 0 Å². The standard InChI is InChI=1S/C26H17NO2/c28-26(29)18-6-5-7-19(15-18)27-16-17-12-13-24-22-10-2-1-8-20(22)21-9-3-4-11-23(21)25(24)14-17/h1-16H,(H,28,29). The van der Waals surface area contributed by atoms with E-state index in [0.29, 0.717) is 5.69 Å². The maximum absolute atomic E-state index is 11.2. The fourth-order valence-electron chi connectivity index (χ4n) is 3.87. The first-order chi connectivity index (χ1) is 14.2. The largest absolute Gasteiger partial charge is 0.478 e. The second kappa shape index (κ2) is 6.88. The summed E-state index contributed by atoms with van der Waals surface area (Å²) in [5.41, 5.74) is 1.82. The van der Waals surface area contributed by atoms with Crippen molar-refractivity contribution >= 4 is 50.2 Å². The average molecular weight is 375 g/mol. The minimum atomic E-state index is -0.953. The van der Waals surface area contributed by atoms with Gasteiger partial charge in [0, 0.05) is 6.21 Å². The number of carboxylic acid groups (broad SMARTS) is 1. The molecule has 0 radical (unpaired) electrons. The molecule has 0 unspecified atom stereocenters. The fourth-order valence-corrected chi connectivity index (χ4v) is 3.87. The summed E-state index contributed by atoms with van der Waals surface area (Å²) in [6.07, 6.45) is 1.78. The first-order valence-electron chi connectivity index (χ1n) is 9.41. The summed E-state index contributed by atoms with van der Waals surface area (Å²) >= 11 is 0. The van der Waals surface area contributed by atoms with Crippen molar-refractivity contribution in [2.24, 2.45) is 4.99 Å². The van der Waals surface area contributed by atoms with E-state index >= 15 is 0 Å². The monoisotopic (exact) mass is 375 g/mol. The molecule has 0 aromatic heterocycles. The molecule has 0 aliphatic carbocycles. The van der Waals surface area contributed by atoms with Gasteiger partial charge in [-0.25, -0.2) is 4.79 Å². The molecule has 0 saturated carbocycles. The van der Waals surface area contributed by atoms with Gasteiger partial charge >= 0.3 is 5.97 Å². The minimum Gasteiger partial charge on any atom is -0.478 e. The zero-order chi connectivity index (χ0) is 19.8. The number of aliphatic imine (C=N–C) groups is 1. The topological polar surface area (TPSA) is 49.7 Å². The van der Waals surface area contributed by atoms with Crippen LogP contribution in [0.25, 0.3) is 32.3 Å². The van der Waals surface area contributed by atoms with E-state index in [2.05, 4.69) is 65.7 Å². The second-order valence-corrected chi connectivity index (χ2v) is 7.01. The van der Waals surface area contributed by atoms with E-state index in [4.69, 9.17) is 5.11 Å². The molecule has 138 valence electrons. The molecule has 0 saturated heterocycles. The van der Waals surface area contributed by atoms with Crippen molar-refractivity contribution in [2.45, 2.75) is 0 Å². The van der Waals surface area contributed by atoms with Crippen LogP contribution in [0.5, 0.6) is 0 Å². The number of carbonyl (C=O) groups is 1. The molecule has 0 spiro atoms. The molecule has 3 nitrogen and oxygen atoms in total. The summed E-state index contributed by atoms with van der Waals surface area (Å²) in [6.45, 7) is 0. The van der Waals surface area contributed by atoms with Crippen LogP contribution in [-0.4, -0.2) is 17.3 Å². The minimum absolute atomic E-state index is 0.232. The highest BCUT2D eigenvalue weighted by atomic mass is 16.4. The van der Waals surface area contributed by atoms with Gasteiger partial charge in [0.25, 0.3) is 0 Å². The van der Waals surface area contributed by atoms with Crippen molar-refractivity contribution in [2.75, 3.05) is 0 Å². The van der Waals surface area contributed by atoms with Crippen molar-refractivity contribution in [1.29, 1.82) is 0 Å². The predicted octanol–water partition coefficient (Wildman–Crippen LogP) is 6.60. The lowest BCUT2D eigenvalue weighted by Crippen LogP contribution is -1.94. The van der Waals surface area contributed by atoms with Crippen LogP contribution >= 0.6 is 0 Å². The Hall–Kier alpha value is -3.98. The summed E-state index contributed by atoms with van der Waals surface area (Å²) in [5.74, 6) is -0.953. The van der Waals surface area contributed by atoms with Crippen LogP contribution in [0.3, 0.4) is 0 Å². The van der Waals surface area contributed by atoms with E-state index < -0.39 is 5.97 Å². The molecule has 0 fully saturated rings. The zero-order valence-corrected chi connectivity index (χ0v) is 15.5. The van der Waals surface area contributed by atoms with Gasteiger partial charge in [0.1, 0.15) is 0 Å². The Morgan fingerprint density at radius 2 is 1.24 bits per heavy atom. The number of hydrogen-bond donors (Lipinski definition) is 1. The molecule has 5 rings (SSSR count). The van der Waals surface area contributed by atoms with Gasteiger partial charge < -0.3 is 5.11 Å². The van der Waals surface area contributed by atoms with E-state index in [-0.39, 0.29) is 5.56 Å². The molecule has 29 heavy (non-hydrogen) atoms. The summed E-state index contributed by atoms with van der Waals surface area (Å²) in [6, 6.07) is 29.9. The van der Waals surface area contributed by atoms with Gasteiger partial charge in [-0.3, -0.25) is 4.99 Å². The molecule has 0 bridgehead atoms. The first kappa shape index (κ1) is 17.1. The van der Waals surface area contributed by atoms with Gasteiger partial charge in [0.05, 0.1) is 11.3 Å². The van der Waals surface area contributed by atoms with Crippen molar-refractivity contribution in [3.8, 4) is 0 Å². The van der Waals surface area contributed by atoms with E-state index in [1.165, 1.54) is 32.3 Å². The Kier molecular flexibility index (Phi) is 4.07. The van der Waals surface area contributed by atoms with Crippen molar-refractivity contribution in [3.05, 3.63) is 102 Å². The number of rotatable bonds is 3. The van der Waals surface area contributed by atoms with E-state index in [1.807, 2.05) is 6.07 Å². The van der Waals surface area contributed by atoms with Crippen LogP contribution < -0.4 is 0 Å². The van der Waals surface area contributed by atoms with Gasteiger partial charge in [-0.15, -0.1) is 0 Å². The van der Waals surface area contributed by atoms with E-state index in [0.717, 1.165) is 5.56 Å². The lowest BCUT2D eigenvalue weighted by atomic mass is 9.93. The third kappa shape index (κ3) is 3.03. The number of fused-ring (bicyclic) bond motifs is 6. The number of aromatic carboxylic acids is 1. The Morgan fingerprint density at radius 3 is 1.86 bits per heavy atom. The van der Waals surface area contributed by atoms with Gasteiger partial charge in [-0.1, -0.05) is 66.7 Å². The predicted molar refractivity (Wildman–Crippen MR) is 120 cm³/mol. The zero-order valence-electron chi connectivity index (χ0n) is 15.5. The number of nitrogens with zero attached hydrogens (tertiary/aromatic N) is 1. The van der Waals surface area contributed by atoms with Crippen molar-refractivity contribution in [1.82, 2.24) is 0 Å². The molecule has 5 aromatic rings. The highest BCUT2D eigenvalue weighted by molar-refractivity contribution is 6.25. The molecular formula is C26H17NO2. The highest BCUT2D eigenvalue weighted by Gasteiger charge is 2.08. The Balaban J connectivity index is 1.67.